The zero-order valence-corrected chi connectivity index (χ0v) is 10.3. The van der Waals surface area contributed by atoms with Gasteiger partial charge in [0, 0.05) is 12.5 Å². The minimum Gasteiger partial charge on any atom is -0.356 e. The predicted octanol–water partition coefficient (Wildman–Crippen LogP) is 1.98. The molecule has 1 atom stereocenters. The van der Waals surface area contributed by atoms with Crippen molar-refractivity contribution in [1.82, 2.24) is 5.32 Å². The number of carbonyl (C=O) groups excluding carboxylic acids is 1. The third kappa shape index (κ3) is 4.79. The second-order valence-corrected chi connectivity index (χ2v) is 4.63. The molecule has 0 aromatic rings. The molecular formula is C13H24N2O. The molecule has 3 nitrogen and oxygen atoms in total. The van der Waals surface area contributed by atoms with E-state index in [9.17, 15) is 4.79 Å². The molecule has 0 bridgehead atoms. The summed E-state index contributed by atoms with van der Waals surface area (Å²) < 4.78 is 0. The van der Waals surface area contributed by atoms with Crippen LogP contribution < -0.4 is 11.1 Å². The van der Waals surface area contributed by atoms with Crippen LogP contribution in [0.1, 0.15) is 45.4 Å². The summed E-state index contributed by atoms with van der Waals surface area (Å²) in [6.45, 7) is 3.29. The maximum Gasteiger partial charge on any atom is 0.222 e. The van der Waals surface area contributed by atoms with Crippen molar-refractivity contribution in [3.8, 4) is 0 Å². The number of rotatable bonds is 6. The van der Waals surface area contributed by atoms with E-state index in [-0.39, 0.29) is 11.8 Å². The Labute approximate surface area is 98.5 Å². The van der Waals surface area contributed by atoms with Crippen molar-refractivity contribution < 1.29 is 4.79 Å². The van der Waals surface area contributed by atoms with Gasteiger partial charge in [0.15, 0.2) is 0 Å². The van der Waals surface area contributed by atoms with Crippen LogP contribution in [0, 0.1) is 5.92 Å². The molecule has 0 aliphatic heterocycles. The standard InChI is InChI=1S/C13H24N2O/c1-11(7-9-14)13(16)15-10-8-12-5-3-2-4-6-12/h5,11H,2-4,6-10,14H2,1H3,(H,15,16). The van der Waals surface area contributed by atoms with Crippen LogP contribution in [-0.2, 0) is 4.79 Å². The summed E-state index contributed by atoms with van der Waals surface area (Å²) in [4.78, 5) is 11.6. The lowest BCUT2D eigenvalue weighted by Gasteiger charge is -2.14. The van der Waals surface area contributed by atoms with E-state index in [2.05, 4.69) is 11.4 Å². The van der Waals surface area contributed by atoms with Gasteiger partial charge in [-0.2, -0.15) is 0 Å². The summed E-state index contributed by atoms with van der Waals surface area (Å²) >= 11 is 0. The molecule has 92 valence electrons. The van der Waals surface area contributed by atoms with Gasteiger partial charge in [0.05, 0.1) is 0 Å². The molecule has 1 aliphatic carbocycles. The highest BCUT2D eigenvalue weighted by molar-refractivity contribution is 5.78. The number of hydrogen-bond donors (Lipinski definition) is 2. The Balaban J connectivity index is 2.14. The molecule has 0 heterocycles. The molecule has 3 heteroatoms. The lowest BCUT2D eigenvalue weighted by atomic mass is 9.97. The van der Waals surface area contributed by atoms with Crippen molar-refractivity contribution in [3.05, 3.63) is 11.6 Å². The molecular weight excluding hydrogens is 200 g/mol. The molecule has 3 N–H and O–H groups in total. The maximum atomic E-state index is 11.6. The molecule has 16 heavy (non-hydrogen) atoms. The highest BCUT2D eigenvalue weighted by Gasteiger charge is 2.11. The van der Waals surface area contributed by atoms with E-state index >= 15 is 0 Å². The van der Waals surface area contributed by atoms with Gasteiger partial charge in [-0.25, -0.2) is 0 Å². The average molecular weight is 224 g/mol. The van der Waals surface area contributed by atoms with Crippen LogP contribution in [0.2, 0.25) is 0 Å². The number of allylic oxidation sites excluding steroid dienone is 1. The zero-order valence-electron chi connectivity index (χ0n) is 10.3. The van der Waals surface area contributed by atoms with E-state index in [1.165, 1.54) is 31.3 Å². The minimum atomic E-state index is 0.0466. The smallest absolute Gasteiger partial charge is 0.222 e. The van der Waals surface area contributed by atoms with Gasteiger partial charge < -0.3 is 11.1 Å². The van der Waals surface area contributed by atoms with Gasteiger partial charge in [0.2, 0.25) is 5.91 Å². The number of amides is 1. The summed E-state index contributed by atoms with van der Waals surface area (Å²) in [5.74, 6) is 0.187. The molecule has 1 amide bonds. The van der Waals surface area contributed by atoms with E-state index in [4.69, 9.17) is 5.73 Å². The van der Waals surface area contributed by atoms with Crippen molar-refractivity contribution in [2.45, 2.75) is 45.4 Å². The van der Waals surface area contributed by atoms with Gasteiger partial charge >= 0.3 is 0 Å². The number of hydrogen-bond acceptors (Lipinski definition) is 2. The zero-order chi connectivity index (χ0) is 11.8. The Bertz CT molecular complexity index is 248. The monoisotopic (exact) mass is 224 g/mol. The van der Waals surface area contributed by atoms with E-state index in [1.807, 2.05) is 6.92 Å². The van der Waals surface area contributed by atoms with Gasteiger partial charge in [-0.3, -0.25) is 4.79 Å². The summed E-state index contributed by atoms with van der Waals surface area (Å²) in [5.41, 5.74) is 6.94. The van der Waals surface area contributed by atoms with Crippen molar-refractivity contribution in [3.63, 3.8) is 0 Å². The Kier molecular flexibility index (Phi) is 6.16. The highest BCUT2D eigenvalue weighted by Crippen LogP contribution is 2.19. The Morgan fingerprint density at radius 1 is 1.56 bits per heavy atom. The normalized spacial score (nSPS) is 17.8. The summed E-state index contributed by atoms with van der Waals surface area (Å²) in [7, 11) is 0. The highest BCUT2D eigenvalue weighted by atomic mass is 16.1. The fraction of sp³-hybridized carbons (Fsp3) is 0.769. The summed E-state index contributed by atoms with van der Waals surface area (Å²) in [5, 5.41) is 2.98. The molecule has 0 saturated carbocycles. The SMILES string of the molecule is CC(CCN)C(=O)NCCC1=CCCCC1. The molecule has 1 aliphatic rings. The third-order valence-corrected chi connectivity index (χ3v) is 3.18. The van der Waals surface area contributed by atoms with E-state index in [0.29, 0.717) is 6.54 Å². The largest absolute Gasteiger partial charge is 0.356 e. The van der Waals surface area contributed by atoms with Gasteiger partial charge in [0.1, 0.15) is 0 Å². The van der Waals surface area contributed by atoms with Gasteiger partial charge in [0.25, 0.3) is 0 Å². The van der Waals surface area contributed by atoms with Crippen LogP contribution in [0.4, 0.5) is 0 Å². The van der Waals surface area contributed by atoms with Crippen molar-refractivity contribution in [2.24, 2.45) is 11.7 Å². The lowest BCUT2D eigenvalue weighted by molar-refractivity contribution is -0.124. The maximum absolute atomic E-state index is 11.6. The van der Waals surface area contributed by atoms with E-state index < -0.39 is 0 Å². The fourth-order valence-corrected chi connectivity index (χ4v) is 2.03. The number of nitrogens with one attached hydrogen (secondary N) is 1. The fourth-order valence-electron chi connectivity index (χ4n) is 2.03. The van der Waals surface area contributed by atoms with Crippen LogP contribution in [0.25, 0.3) is 0 Å². The molecule has 1 rings (SSSR count). The van der Waals surface area contributed by atoms with E-state index in [1.54, 1.807) is 0 Å². The van der Waals surface area contributed by atoms with Gasteiger partial charge in [-0.05, 0) is 45.1 Å². The van der Waals surface area contributed by atoms with E-state index in [0.717, 1.165) is 19.4 Å². The third-order valence-electron chi connectivity index (χ3n) is 3.18. The molecule has 0 radical (unpaired) electrons. The van der Waals surface area contributed by atoms with Crippen LogP contribution >= 0.6 is 0 Å². The van der Waals surface area contributed by atoms with Crippen LogP contribution in [-0.4, -0.2) is 19.0 Å². The van der Waals surface area contributed by atoms with Crippen molar-refractivity contribution in [1.29, 1.82) is 0 Å². The first kappa shape index (κ1) is 13.2. The van der Waals surface area contributed by atoms with Gasteiger partial charge in [-0.15, -0.1) is 0 Å². The first-order chi connectivity index (χ1) is 7.74. The second kappa shape index (κ2) is 7.44. The average Bonchev–Trinajstić information content (AvgIpc) is 2.30. The molecule has 0 aromatic carbocycles. The predicted molar refractivity (Wildman–Crippen MR) is 67.0 cm³/mol. The van der Waals surface area contributed by atoms with Crippen LogP contribution in [0.5, 0.6) is 0 Å². The molecule has 0 saturated heterocycles. The first-order valence-corrected chi connectivity index (χ1v) is 6.39. The quantitative estimate of drug-likeness (QED) is 0.678. The van der Waals surface area contributed by atoms with Gasteiger partial charge in [-0.1, -0.05) is 18.6 Å². The van der Waals surface area contributed by atoms with Crippen molar-refractivity contribution in [2.75, 3.05) is 13.1 Å². The minimum absolute atomic E-state index is 0.0466. The van der Waals surface area contributed by atoms with Crippen LogP contribution in [0.3, 0.4) is 0 Å². The summed E-state index contributed by atoms with van der Waals surface area (Å²) in [6, 6.07) is 0. The molecule has 0 aromatic heterocycles. The Morgan fingerprint density at radius 3 is 3.00 bits per heavy atom. The summed E-state index contributed by atoms with van der Waals surface area (Å²) in [6.07, 6.45) is 9.18. The molecule has 0 fully saturated rings. The lowest BCUT2D eigenvalue weighted by Crippen LogP contribution is -2.31. The Morgan fingerprint density at radius 2 is 2.38 bits per heavy atom. The second-order valence-electron chi connectivity index (χ2n) is 4.63. The number of nitrogens with two attached hydrogens (primary N) is 1. The van der Waals surface area contributed by atoms with Crippen molar-refractivity contribution >= 4 is 5.91 Å². The first-order valence-electron chi connectivity index (χ1n) is 6.39. The Hall–Kier alpha value is -0.830. The molecule has 0 spiro atoms. The topological polar surface area (TPSA) is 55.1 Å². The van der Waals surface area contributed by atoms with Crippen LogP contribution in [0.15, 0.2) is 11.6 Å². The number of carbonyl (C=O) groups is 1. The molecule has 1 unspecified atom stereocenters.